The second kappa shape index (κ2) is 2.64. The summed E-state index contributed by atoms with van der Waals surface area (Å²) >= 11 is 11.8. The Labute approximate surface area is 79.7 Å². The van der Waals surface area contributed by atoms with Crippen molar-refractivity contribution in [3.8, 4) is 0 Å². The molecule has 0 unspecified atom stereocenters. The van der Waals surface area contributed by atoms with Gasteiger partial charge in [-0.3, -0.25) is 4.68 Å². The maximum Gasteiger partial charge on any atom is 0.160 e. The SMILES string of the molecule is Cn1nc(Cl)c2c(Cl)cccc21. The summed E-state index contributed by atoms with van der Waals surface area (Å²) in [5, 5.41) is 5.97. The van der Waals surface area contributed by atoms with Crippen molar-refractivity contribution in [2.75, 3.05) is 0 Å². The largest absolute Gasteiger partial charge is 0.266 e. The summed E-state index contributed by atoms with van der Waals surface area (Å²) < 4.78 is 1.71. The highest BCUT2D eigenvalue weighted by molar-refractivity contribution is 6.41. The number of hydrogen-bond acceptors (Lipinski definition) is 1. The van der Waals surface area contributed by atoms with Gasteiger partial charge in [-0.15, -0.1) is 0 Å². The fourth-order valence-electron chi connectivity index (χ4n) is 1.22. The molecule has 0 N–H and O–H groups in total. The van der Waals surface area contributed by atoms with Gasteiger partial charge in [0.25, 0.3) is 0 Å². The second-order valence-electron chi connectivity index (χ2n) is 2.55. The summed E-state index contributed by atoms with van der Waals surface area (Å²) in [5.41, 5.74) is 0.951. The lowest BCUT2D eigenvalue weighted by Gasteiger charge is -1.93. The van der Waals surface area contributed by atoms with Gasteiger partial charge in [-0.2, -0.15) is 5.10 Å². The molecule has 0 aliphatic rings. The molecular formula is C8H6Cl2N2. The minimum atomic E-state index is 0.457. The number of halogens is 2. The molecule has 4 heteroatoms. The van der Waals surface area contributed by atoms with Crippen LogP contribution in [0.4, 0.5) is 0 Å². The van der Waals surface area contributed by atoms with Crippen LogP contribution in [0.3, 0.4) is 0 Å². The predicted molar refractivity (Wildman–Crippen MR) is 50.7 cm³/mol. The third kappa shape index (κ3) is 0.993. The van der Waals surface area contributed by atoms with Gasteiger partial charge >= 0.3 is 0 Å². The highest BCUT2D eigenvalue weighted by Gasteiger charge is 2.08. The van der Waals surface area contributed by atoms with Crippen molar-refractivity contribution in [3.05, 3.63) is 28.4 Å². The lowest BCUT2D eigenvalue weighted by atomic mass is 10.2. The first-order valence-electron chi connectivity index (χ1n) is 3.47. The van der Waals surface area contributed by atoms with Crippen LogP contribution >= 0.6 is 23.2 Å². The van der Waals surface area contributed by atoms with Gasteiger partial charge in [0.05, 0.1) is 15.9 Å². The number of aromatic nitrogens is 2. The van der Waals surface area contributed by atoms with Gasteiger partial charge in [-0.05, 0) is 12.1 Å². The molecule has 12 heavy (non-hydrogen) atoms. The minimum absolute atomic E-state index is 0.457. The summed E-state index contributed by atoms with van der Waals surface area (Å²) in [7, 11) is 1.84. The smallest absolute Gasteiger partial charge is 0.160 e. The number of benzene rings is 1. The van der Waals surface area contributed by atoms with E-state index >= 15 is 0 Å². The Balaban J connectivity index is 2.99. The Morgan fingerprint density at radius 1 is 1.33 bits per heavy atom. The number of aryl methyl sites for hydroxylation is 1. The molecule has 0 amide bonds. The van der Waals surface area contributed by atoms with Crippen molar-refractivity contribution in [3.63, 3.8) is 0 Å². The molecule has 0 radical (unpaired) electrons. The van der Waals surface area contributed by atoms with Crippen molar-refractivity contribution < 1.29 is 0 Å². The van der Waals surface area contributed by atoms with E-state index in [1.807, 2.05) is 19.2 Å². The van der Waals surface area contributed by atoms with E-state index in [4.69, 9.17) is 23.2 Å². The van der Waals surface area contributed by atoms with Crippen molar-refractivity contribution in [1.82, 2.24) is 9.78 Å². The zero-order valence-corrected chi connectivity index (χ0v) is 7.89. The van der Waals surface area contributed by atoms with Crippen LogP contribution in [-0.4, -0.2) is 9.78 Å². The number of hydrogen-bond donors (Lipinski definition) is 0. The molecule has 2 aromatic rings. The monoisotopic (exact) mass is 200 g/mol. The quantitative estimate of drug-likeness (QED) is 0.640. The number of nitrogens with zero attached hydrogens (tertiary/aromatic N) is 2. The molecule has 0 atom stereocenters. The Kier molecular flexibility index (Phi) is 1.74. The van der Waals surface area contributed by atoms with Crippen molar-refractivity contribution in [2.45, 2.75) is 0 Å². The van der Waals surface area contributed by atoms with Crippen LogP contribution in [0.15, 0.2) is 18.2 Å². The lowest BCUT2D eigenvalue weighted by Crippen LogP contribution is -1.87. The summed E-state index contributed by atoms with van der Waals surface area (Å²) in [6, 6.07) is 5.61. The molecule has 62 valence electrons. The molecule has 0 aliphatic carbocycles. The molecule has 0 saturated heterocycles. The topological polar surface area (TPSA) is 17.8 Å². The fraction of sp³-hybridized carbons (Fsp3) is 0.125. The molecule has 1 heterocycles. The highest BCUT2D eigenvalue weighted by atomic mass is 35.5. The minimum Gasteiger partial charge on any atom is -0.266 e. The summed E-state index contributed by atoms with van der Waals surface area (Å²) in [6.07, 6.45) is 0. The molecule has 1 aromatic heterocycles. The third-order valence-corrected chi connectivity index (χ3v) is 2.36. The molecule has 0 fully saturated rings. The molecular weight excluding hydrogens is 195 g/mol. The Morgan fingerprint density at radius 2 is 2.08 bits per heavy atom. The van der Waals surface area contributed by atoms with Crippen molar-refractivity contribution in [1.29, 1.82) is 0 Å². The van der Waals surface area contributed by atoms with E-state index in [0.29, 0.717) is 10.2 Å². The van der Waals surface area contributed by atoms with E-state index in [9.17, 15) is 0 Å². The van der Waals surface area contributed by atoms with E-state index in [-0.39, 0.29) is 0 Å². The fourth-order valence-corrected chi connectivity index (χ4v) is 1.84. The first-order valence-corrected chi connectivity index (χ1v) is 4.22. The van der Waals surface area contributed by atoms with E-state index in [1.54, 1.807) is 10.7 Å². The molecule has 0 spiro atoms. The number of rotatable bonds is 0. The molecule has 0 saturated carbocycles. The summed E-state index contributed by atoms with van der Waals surface area (Å²) in [4.78, 5) is 0. The van der Waals surface area contributed by atoms with Crippen LogP contribution in [0.2, 0.25) is 10.2 Å². The van der Waals surface area contributed by atoms with E-state index in [0.717, 1.165) is 10.9 Å². The summed E-state index contributed by atoms with van der Waals surface area (Å²) in [5.74, 6) is 0. The zero-order valence-electron chi connectivity index (χ0n) is 6.38. The van der Waals surface area contributed by atoms with Crippen LogP contribution < -0.4 is 0 Å². The van der Waals surface area contributed by atoms with Crippen LogP contribution in [0.25, 0.3) is 10.9 Å². The van der Waals surface area contributed by atoms with Gasteiger partial charge < -0.3 is 0 Å². The Hall–Kier alpha value is -0.730. The first-order chi connectivity index (χ1) is 5.70. The molecule has 1 aromatic carbocycles. The maximum absolute atomic E-state index is 5.94. The van der Waals surface area contributed by atoms with Gasteiger partial charge in [-0.1, -0.05) is 29.3 Å². The number of fused-ring (bicyclic) bond motifs is 1. The van der Waals surface area contributed by atoms with E-state index in [1.165, 1.54) is 0 Å². The van der Waals surface area contributed by atoms with E-state index < -0.39 is 0 Å². The van der Waals surface area contributed by atoms with Crippen molar-refractivity contribution >= 4 is 34.1 Å². The van der Waals surface area contributed by atoms with E-state index in [2.05, 4.69) is 5.10 Å². The van der Waals surface area contributed by atoms with Gasteiger partial charge in [0, 0.05) is 7.05 Å². The molecule has 2 nitrogen and oxygen atoms in total. The second-order valence-corrected chi connectivity index (χ2v) is 3.31. The normalized spacial score (nSPS) is 10.9. The van der Waals surface area contributed by atoms with Gasteiger partial charge in [-0.25, -0.2) is 0 Å². The summed E-state index contributed by atoms with van der Waals surface area (Å²) in [6.45, 7) is 0. The highest BCUT2D eigenvalue weighted by Crippen LogP contribution is 2.28. The van der Waals surface area contributed by atoms with Crippen LogP contribution in [0, 0.1) is 0 Å². The van der Waals surface area contributed by atoms with Crippen LogP contribution in [0.5, 0.6) is 0 Å². The van der Waals surface area contributed by atoms with Gasteiger partial charge in [0.2, 0.25) is 0 Å². The third-order valence-electron chi connectivity index (χ3n) is 1.78. The first kappa shape index (κ1) is 7.90. The van der Waals surface area contributed by atoms with Crippen molar-refractivity contribution in [2.24, 2.45) is 7.05 Å². The predicted octanol–water partition coefficient (Wildman–Crippen LogP) is 2.88. The average Bonchev–Trinajstić information content (AvgIpc) is 2.29. The standard InChI is InChI=1S/C8H6Cl2N2/c1-12-6-4-2-3-5(9)7(6)8(10)11-12/h2-4H,1H3. The van der Waals surface area contributed by atoms with Crippen LogP contribution in [0.1, 0.15) is 0 Å². The van der Waals surface area contributed by atoms with Gasteiger partial charge in [0.15, 0.2) is 5.15 Å². The molecule has 0 bridgehead atoms. The lowest BCUT2D eigenvalue weighted by molar-refractivity contribution is 0.797. The Morgan fingerprint density at radius 3 is 2.75 bits per heavy atom. The Bertz CT molecular complexity index is 434. The van der Waals surface area contributed by atoms with Gasteiger partial charge in [0.1, 0.15) is 0 Å². The average molecular weight is 201 g/mol. The zero-order chi connectivity index (χ0) is 8.72. The van der Waals surface area contributed by atoms with Crippen LogP contribution in [-0.2, 0) is 7.05 Å². The molecule has 0 aliphatic heterocycles. The molecule has 2 rings (SSSR count). The maximum atomic E-state index is 5.94.